The Morgan fingerprint density at radius 2 is 1.87 bits per heavy atom. The molecular formula is C15H30ClN3O3S. The van der Waals surface area contributed by atoms with Gasteiger partial charge in [0.25, 0.3) is 0 Å². The summed E-state index contributed by atoms with van der Waals surface area (Å²) in [6, 6.07) is 0.240. The normalized spacial score (nSPS) is 27.2. The van der Waals surface area contributed by atoms with Gasteiger partial charge in [0.15, 0.2) is 0 Å². The minimum atomic E-state index is -3.11. The van der Waals surface area contributed by atoms with Crippen molar-refractivity contribution in [3.05, 3.63) is 0 Å². The van der Waals surface area contributed by atoms with E-state index >= 15 is 0 Å². The molecule has 1 aliphatic heterocycles. The molecule has 0 aromatic carbocycles. The lowest BCUT2D eigenvalue weighted by Gasteiger charge is -2.33. The van der Waals surface area contributed by atoms with Crippen LogP contribution in [-0.4, -0.2) is 49.6 Å². The Morgan fingerprint density at radius 1 is 1.22 bits per heavy atom. The van der Waals surface area contributed by atoms with Gasteiger partial charge in [-0.3, -0.25) is 4.79 Å². The van der Waals surface area contributed by atoms with Crippen molar-refractivity contribution < 1.29 is 13.2 Å². The van der Waals surface area contributed by atoms with Crippen LogP contribution in [-0.2, 0) is 14.8 Å². The number of sulfonamides is 1. The number of carbonyl (C=O) groups excluding carboxylic acids is 1. The summed E-state index contributed by atoms with van der Waals surface area (Å²) in [4.78, 5) is 12.3. The number of nitrogens with one attached hydrogen (secondary N) is 1. The molecule has 2 fully saturated rings. The summed E-state index contributed by atoms with van der Waals surface area (Å²) in [6.45, 7) is 2.90. The van der Waals surface area contributed by atoms with Crippen LogP contribution in [0.15, 0.2) is 0 Å². The molecule has 23 heavy (non-hydrogen) atoms. The van der Waals surface area contributed by atoms with Gasteiger partial charge < -0.3 is 11.1 Å². The third kappa shape index (κ3) is 5.89. The van der Waals surface area contributed by atoms with Crippen LogP contribution in [0.2, 0.25) is 0 Å². The number of rotatable bonds is 5. The van der Waals surface area contributed by atoms with E-state index < -0.39 is 10.0 Å². The fourth-order valence-electron chi connectivity index (χ4n) is 3.45. The summed E-state index contributed by atoms with van der Waals surface area (Å²) < 4.78 is 25.6. The monoisotopic (exact) mass is 367 g/mol. The molecule has 2 atom stereocenters. The number of amides is 1. The van der Waals surface area contributed by atoms with Gasteiger partial charge in [0.2, 0.25) is 15.9 Å². The molecule has 136 valence electrons. The van der Waals surface area contributed by atoms with Gasteiger partial charge in [-0.2, -0.15) is 0 Å². The molecule has 1 amide bonds. The van der Waals surface area contributed by atoms with Crippen LogP contribution in [0.5, 0.6) is 0 Å². The van der Waals surface area contributed by atoms with E-state index in [1.807, 2.05) is 6.92 Å². The van der Waals surface area contributed by atoms with Crippen molar-refractivity contribution in [3.63, 3.8) is 0 Å². The molecule has 3 N–H and O–H groups in total. The van der Waals surface area contributed by atoms with E-state index in [0.29, 0.717) is 32.4 Å². The number of carbonyl (C=O) groups is 1. The number of hydrogen-bond acceptors (Lipinski definition) is 4. The topological polar surface area (TPSA) is 92.5 Å². The summed E-state index contributed by atoms with van der Waals surface area (Å²) in [6.07, 6.45) is 5.77. The SMILES string of the molecule is CCCS(=O)(=O)N1CCC(NC(=O)C2CCCC(N)C2)CC1.Cl. The van der Waals surface area contributed by atoms with E-state index in [-0.39, 0.29) is 42.1 Å². The van der Waals surface area contributed by atoms with Gasteiger partial charge in [0, 0.05) is 31.1 Å². The van der Waals surface area contributed by atoms with Gasteiger partial charge in [0.1, 0.15) is 0 Å². The van der Waals surface area contributed by atoms with Crippen molar-refractivity contribution in [2.75, 3.05) is 18.8 Å². The quantitative estimate of drug-likeness (QED) is 0.764. The molecule has 1 saturated heterocycles. The smallest absolute Gasteiger partial charge is 0.223 e. The summed E-state index contributed by atoms with van der Waals surface area (Å²) in [7, 11) is -3.11. The van der Waals surface area contributed by atoms with Gasteiger partial charge >= 0.3 is 0 Å². The fraction of sp³-hybridized carbons (Fsp3) is 0.933. The summed E-state index contributed by atoms with van der Waals surface area (Å²) in [5.74, 6) is 0.347. The standard InChI is InChI=1S/C15H29N3O3S.ClH/c1-2-10-22(20,21)18-8-6-14(7-9-18)17-15(19)12-4-3-5-13(16)11-12;/h12-14H,2-11,16H2,1H3,(H,17,19);1H. The summed E-state index contributed by atoms with van der Waals surface area (Å²) in [5, 5.41) is 3.10. The highest BCUT2D eigenvalue weighted by Crippen LogP contribution is 2.24. The van der Waals surface area contributed by atoms with Crippen LogP contribution < -0.4 is 11.1 Å². The number of hydrogen-bond donors (Lipinski definition) is 2. The predicted octanol–water partition coefficient (Wildman–Crippen LogP) is 1.25. The molecule has 0 spiro atoms. The number of nitrogens with two attached hydrogens (primary N) is 1. The minimum Gasteiger partial charge on any atom is -0.353 e. The first-order chi connectivity index (χ1) is 10.4. The van der Waals surface area contributed by atoms with Crippen molar-refractivity contribution in [3.8, 4) is 0 Å². The first-order valence-electron chi connectivity index (χ1n) is 8.46. The molecule has 2 unspecified atom stereocenters. The van der Waals surface area contributed by atoms with Crippen molar-refractivity contribution in [2.45, 2.75) is 64.0 Å². The molecule has 1 aliphatic carbocycles. The molecule has 1 heterocycles. The van der Waals surface area contributed by atoms with E-state index in [9.17, 15) is 13.2 Å². The second-order valence-electron chi connectivity index (χ2n) is 6.62. The lowest BCUT2D eigenvalue weighted by molar-refractivity contribution is -0.127. The zero-order valence-electron chi connectivity index (χ0n) is 13.9. The third-order valence-corrected chi connectivity index (χ3v) is 6.82. The van der Waals surface area contributed by atoms with Gasteiger partial charge in [-0.25, -0.2) is 12.7 Å². The Balaban J connectivity index is 0.00000264. The Kier molecular flexibility index (Phi) is 8.27. The Bertz CT molecular complexity index is 478. The maximum Gasteiger partial charge on any atom is 0.223 e. The lowest BCUT2D eigenvalue weighted by Crippen LogP contribution is -2.49. The lowest BCUT2D eigenvalue weighted by atomic mass is 9.85. The van der Waals surface area contributed by atoms with Gasteiger partial charge in [-0.15, -0.1) is 12.4 Å². The zero-order chi connectivity index (χ0) is 16.2. The minimum absolute atomic E-state index is 0. The number of nitrogens with zero attached hydrogens (tertiary/aromatic N) is 1. The van der Waals surface area contributed by atoms with Crippen molar-refractivity contribution in [2.24, 2.45) is 11.7 Å². The van der Waals surface area contributed by atoms with E-state index in [1.54, 1.807) is 4.31 Å². The summed E-state index contributed by atoms with van der Waals surface area (Å²) >= 11 is 0. The largest absolute Gasteiger partial charge is 0.353 e. The molecule has 2 rings (SSSR count). The molecule has 6 nitrogen and oxygen atoms in total. The maximum absolute atomic E-state index is 12.3. The Morgan fingerprint density at radius 3 is 2.43 bits per heavy atom. The second-order valence-corrected chi connectivity index (χ2v) is 8.71. The highest BCUT2D eigenvalue weighted by molar-refractivity contribution is 7.89. The van der Waals surface area contributed by atoms with Crippen LogP contribution >= 0.6 is 12.4 Å². The van der Waals surface area contributed by atoms with Crippen molar-refractivity contribution in [1.82, 2.24) is 9.62 Å². The van der Waals surface area contributed by atoms with E-state index in [2.05, 4.69) is 5.32 Å². The van der Waals surface area contributed by atoms with Crippen LogP contribution in [0.1, 0.15) is 51.9 Å². The zero-order valence-corrected chi connectivity index (χ0v) is 15.5. The van der Waals surface area contributed by atoms with Crippen molar-refractivity contribution >= 4 is 28.3 Å². The first kappa shape index (κ1) is 20.7. The first-order valence-corrected chi connectivity index (χ1v) is 10.1. The average molecular weight is 368 g/mol. The van der Waals surface area contributed by atoms with Gasteiger partial charge in [-0.1, -0.05) is 13.3 Å². The molecule has 8 heteroatoms. The van der Waals surface area contributed by atoms with Crippen LogP contribution in [0.3, 0.4) is 0 Å². The van der Waals surface area contributed by atoms with E-state index in [1.165, 1.54) is 0 Å². The van der Waals surface area contributed by atoms with Crippen LogP contribution in [0.4, 0.5) is 0 Å². The van der Waals surface area contributed by atoms with Crippen LogP contribution in [0, 0.1) is 5.92 Å². The van der Waals surface area contributed by atoms with E-state index in [4.69, 9.17) is 5.73 Å². The Hall–Kier alpha value is -0.370. The highest BCUT2D eigenvalue weighted by atomic mass is 35.5. The van der Waals surface area contributed by atoms with Crippen molar-refractivity contribution in [1.29, 1.82) is 0 Å². The predicted molar refractivity (Wildman–Crippen MR) is 94.0 cm³/mol. The molecule has 0 aromatic rings. The van der Waals surface area contributed by atoms with Gasteiger partial charge in [-0.05, 0) is 38.5 Å². The van der Waals surface area contributed by atoms with Crippen LogP contribution in [0.25, 0.3) is 0 Å². The highest BCUT2D eigenvalue weighted by Gasteiger charge is 2.30. The van der Waals surface area contributed by atoms with Gasteiger partial charge in [0.05, 0.1) is 5.75 Å². The molecular weight excluding hydrogens is 338 g/mol. The fourth-order valence-corrected chi connectivity index (χ4v) is 4.99. The molecule has 1 saturated carbocycles. The summed E-state index contributed by atoms with van der Waals surface area (Å²) in [5.41, 5.74) is 5.94. The molecule has 0 aromatic heterocycles. The molecule has 0 bridgehead atoms. The number of halogens is 1. The average Bonchev–Trinajstić information content (AvgIpc) is 2.47. The second kappa shape index (κ2) is 9.20. The number of piperidine rings is 1. The Labute approximate surface area is 146 Å². The molecule has 0 radical (unpaired) electrons. The molecule has 2 aliphatic rings. The van der Waals surface area contributed by atoms with E-state index in [0.717, 1.165) is 25.7 Å². The maximum atomic E-state index is 12.3. The third-order valence-electron chi connectivity index (χ3n) is 4.74.